The number of H-pyrrole nitrogens is 1. The molecule has 0 aliphatic heterocycles. The molecule has 0 saturated heterocycles. The normalized spacial score (nSPS) is 8.36. The summed E-state index contributed by atoms with van der Waals surface area (Å²) in [6.45, 7) is 13.6. The van der Waals surface area contributed by atoms with E-state index in [4.69, 9.17) is 0 Å². The summed E-state index contributed by atoms with van der Waals surface area (Å²) in [5.41, 5.74) is 2.05. The van der Waals surface area contributed by atoms with Crippen molar-refractivity contribution in [1.29, 1.82) is 0 Å². The largest absolute Gasteiger partial charge is 0.278 e. The summed E-state index contributed by atoms with van der Waals surface area (Å²) < 4.78 is 0. The van der Waals surface area contributed by atoms with Crippen LogP contribution < -0.4 is 0 Å². The van der Waals surface area contributed by atoms with Crippen LogP contribution in [0.25, 0.3) is 12.2 Å². The molecule has 0 bridgehead atoms. The van der Waals surface area contributed by atoms with Gasteiger partial charge in [0, 0.05) is 5.56 Å². The third-order valence-corrected chi connectivity index (χ3v) is 1.25. The number of nitrogens with zero attached hydrogens (tertiary/aromatic N) is 1. The fourth-order valence-electron chi connectivity index (χ4n) is 0.781. The molecule has 2 nitrogen and oxygen atoms in total. The van der Waals surface area contributed by atoms with Crippen molar-refractivity contribution in [2.45, 2.75) is 34.6 Å². The van der Waals surface area contributed by atoms with Gasteiger partial charge in [0.25, 0.3) is 0 Å². The van der Waals surface area contributed by atoms with Crippen LogP contribution in [0.1, 0.15) is 45.9 Å². The Morgan fingerprint density at radius 2 is 1.86 bits per heavy atom. The molecule has 1 aromatic heterocycles. The molecule has 0 atom stereocenters. The Kier molecular flexibility index (Phi) is 12.7. The molecule has 0 radical (unpaired) electrons. The second kappa shape index (κ2) is 11.7. The predicted molar refractivity (Wildman–Crippen MR) is 66.1 cm³/mol. The lowest BCUT2D eigenvalue weighted by Gasteiger charge is -1.85. The highest BCUT2D eigenvalue weighted by Gasteiger charge is 1.93. The van der Waals surface area contributed by atoms with Gasteiger partial charge < -0.3 is 0 Å². The van der Waals surface area contributed by atoms with Crippen LogP contribution in [0.15, 0.2) is 18.9 Å². The van der Waals surface area contributed by atoms with Crippen LogP contribution >= 0.6 is 0 Å². The lowest BCUT2D eigenvalue weighted by atomic mass is 10.2. The summed E-state index contributed by atoms with van der Waals surface area (Å²) in [4.78, 5) is 0. The van der Waals surface area contributed by atoms with Crippen molar-refractivity contribution in [3.05, 3.63) is 30.1 Å². The smallest absolute Gasteiger partial charge is 0.0644 e. The quantitative estimate of drug-likeness (QED) is 0.753. The van der Waals surface area contributed by atoms with Gasteiger partial charge in [0.15, 0.2) is 0 Å². The Bertz CT molecular complexity index is 247. The zero-order valence-electron chi connectivity index (χ0n) is 9.96. The number of allylic oxidation sites excluding steroid dienone is 1. The number of aromatic amines is 1. The monoisotopic (exact) mass is 194 g/mol. The van der Waals surface area contributed by atoms with Gasteiger partial charge in [-0.15, -0.1) is 0 Å². The number of nitrogens with one attached hydrogen (secondary N) is 1. The van der Waals surface area contributed by atoms with E-state index in [1.165, 1.54) is 0 Å². The molecule has 0 amide bonds. The zero-order chi connectivity index (χ0) is 11.4. The third-order valence-electron chi connectivity index (χ3n) is 1.25. The van der Waals surface area contributed by atoms with Crippen LogP contribution in [0.5, 0.6) is 0 Å². The van der Waals surface area contributed by atoms with Crippen molar-refractivity contribution < 1.29 is 0 Å². The van der Waals surface area contributed by atoms with Gasteiger partial charge in [0.05, 0.1) is 11.9 Å². The second-order valence-electron chi connectivity index (χ2n) is 1.94. The van der Waals surface area contributed by atoms with Gasteiger partial charge in [-0.25, -0.2) is 0 Å². The van der Waals surface area contributed by atoms with E-state index in [0.29, 0.717) is 0 Å². The summed E-state index contributed by atoms with van der Waals surface area (Å²) in [6.07, 6.45) is 7.48. The van der Waals surface area contributed by atoms with Crippen molar-refractivity contribution in [2.24, 2.45) is 0 Å². The summed E-state index contributed by atoms with van der Waals surface area (Å²) in [6, 6.07) is 0. The van der Waals surface area contributed by atoms with Gasteiger partial charge in [0.1, 0.15) is 0 Å². The number of aromatic nitrogens is 2. The van der Waals surface area contributed by atoms with Gasteiger partial charge in [-0.05, 0) is 13.0 Å². The van der Waals surface area contributed by atoms with Crippen LogP contribution in [0.4, 0.5) is 0 Å². The van der Waals surface area contributed by atoms with E-state index in [0.717, 1.165) is 11.3 Å². The van der Waals surface area contributed by atoms with E-state index in [1.807, 2.05) is 46.8 Å². The Morgan fingerprint density at radius 1 is 1.29 bits per heavy atom. The Labute approximate surface area is 87.7 Å². The predicted octanol–water partition coefficient (Wildman–Crippen LogP) is 4.14. The number of hydrogen-bond acceptors (Lipinski definition) is 1. The highest BCUT2D eigenvalue weighted by atomic mass is 15.1. The maximum atomic E-state index is 3.86. The summed E-state index contributed by atoms with van der Waals surface area (Å²) in [7, 11) is 0. The molecule has 80 valence electrons. The fraction of sp³-hybridized carbons (Fsp3) is 0.417. The van der Waals surface area contributed by atoms with E-state index in [1.54, 1.807) is 12.3 Å². The zero-order valence-corrected chi connectivity index (χ0v) is 9.96. The molecule has 0 aliphatic carbocycles. The fourth-order valence-corrected chi connectivity index (χ4v) is 0.781. The van der Waals surface area contributed by atoms with Gasteiger partial charge in [0.2, 0.25) is 0 Å². The molecule has 0 aliphatic rings. The molecule has 1 heterocycles. The maximum Gasteiger partial charge on any atom is 0.0644 e. The van der Waals surface area contributed by atoms with Gasteiger partial charge in [-0.1, -0.05) is 46.4 Å². The standard InChI is InChI=1S/C8H10N2.2C2H6/c1-3-5-7-6-9-10-8(7)4-2;2*1-2/h3-6H,2H2,1H3,(H,9,10);2*1-2H3/b5-3-;;. The lowest BCUT2D eigenvalue weighted by Crippen LogP contribution is -1.72. The average Bonchev–Trinajstić information content (AvgIpc) is 2.72. The first-order valence-corrected chi connectivity index (χ1v) is 5.17. The number of hydrogen-bond donors (Lipinski definition) is 1. The molecule has 2 heteroatoms. The minimum Gasteiger partial charge on any atom is -0.278 e. The van der Waals surface area contributed by atoms with Crippen molar-refractivity contribution in [3.8, 4) is 0 Å². The van der Waals surface area contributed by atoms with E-state index >= 15 is 0 Å². The van der Waals surface area contributed by atoms with Crippen LogP contribution in [0.2, 0.25) is 0 Å². The maximum absolute atomic E-state index is 3.86. The Morgan fingerprint density at radius 3 is 2.29 bits per heavy atom. The summed E-state index contributed by atoms with van der Waals surface area (Å²) in [5.74, 6) is 0. The molecule has 1 rings (SSSR count). The molecular formula is C12H22N2. The third kappa shape index (κ3) is 5.36. The summed E-state index contributed by atoms with van der Waals surface area (Å²) >= 11 is 0. The van der Waals surface area contributed by atoms with E-state index in [9.17, 15) is 0 Å². The van der Waals surface area contributed by atoms with Crippen molar-refractivity contribution >= 4 is 12.2 Å². The highest BCUT2D eigenvalue weighted by Crippen LogP contribution is 2.06. The molecular weight excluding hydrogens is 172 g/mol. The van der Waals surface area contributed by atoms with E-state index in [2.05, 4.69) is 16.8 Å². The molecule has 0 unspecified atom stereocenters. The average molecular weight is 194 g/mol. The van der Waals surface area contributed by atoms with Crippen LogP contribution in [-0.2, 0) is 0 Å². The molecule has 0 fully saturated rings. The van der Waals surface area contributed by atoms with Crippen molar-refractivity contribution in [2.75, 3.05) is 0 Å². The second-order valence-corrected chi connectivity index (χ2v) is 1.94. The molecule has 0 saturated carbocycles. The van der Waals surface area contributed by atoms with Crippen molar-refractivity contribution in [1.82, 2.24) is 10.2 Å². The Balaban J connectivity index is 0. The van der Waals surface area contributed by atoms with Crippen LogP contribution in [0, 0.1) is 0 Å². The first kappa shape index (κ1) is 15.2. The summed E-state index contributed by atoms with van der Waals surface area (Å²) in [5, 5.41) is 6.68. The van der Waals surface area contributed by atoms with Gasteiger partial charge in [-0.3, -0.25) is 5.10 Å². The molecule has 1 N–H and O–H groups in total. The first-order chi connectivity index (χ1) is 6.88. The van der Waals surface area contributed by atoms with E-state index in [-0.39, 0.29) is 0 Å². The van der Waals surface area contributed by atoms with E-state index < -0.39 is 0 Å². The van der Waals surface area contributed by atoms with Crippen molar-refractivity contribution in [3.63, 3.8) is 0 Å². The molecule has 14 heavy (non-hydrogen) atoms. The highest BCUT2D eigenvalue weighted by molar-refractivity contribution is 5.60. The SMILES string of the molecule is C=Cc1[nH]ncc1/C=C\C.CC.CC. The molecule has 1 aromatic rings. The van der Waals surface area contributed by atoms with Crippen LogP contribution in [-0.4, -0.2) is 10.2 Å². The minimum absolute atomic E-state index is 0.970. The number of rotatable bonds is 2. The van der Waals surface area contributed by atoms with Crippen LogP contribution in [0.3, 0.4) is 0 Å². The molecule has 0 aromatic carbocycles. The van der Waals surface area contributed by atoms with Gasteiger partial charge in [-0.2, -0.15) is 5.10 Å². The Hall–Kier alpha value is -1.31. The first-order valence-electron chi connectivity index (χ1n) is 5.17. The lowest BCUT2D eigenvalue weighted by molar-refractivity contribution is 1.08. The molecule has 0 spiro atoms. The van der Waals surface area contributed by atoms with Gasteiger partial charge >= 0.3 is 0 Å². The minimum atomic E-state index is 0.970. The topological polar surface area (TPSA) is 28.7 Å².